The van der Waals surface area contributed by atoms with E-state index in [4.69, 9.17) is 9.47 Å². The lowest BCUT2D eigenvalue weighted by atomic mass is 9.80. The SMILES string of the molecule is COC(=O)CC(C)(C)c1ccc2cc3ccc(C(C)(C)CC(=O)OC)cc3cc2c1. The zero-order valence-corrected chi connectivity index (χ0v) is 18.7. The van der Waals surface area contributed by atoms with Crippen LogP contribution >= 0.6 is 0 Å². The maximum atomic E-state index is 11.8. The largest absolute Gasteiger partial charge is 0.469 e. The van der Waals surface area contributed by atoms with Crippen LogP contribution in [0.25, 0.3) is 21.5 Å². The summed E-state index contributed by atoms with van der Waals surface area (Å²) < 4.78 is 9.72. The summed E-state index contributed by atoms with van der Waals surface area (Å²) in [5, 5.41) is 4.56. The molecule has 0 spiro atoms. The number of carbonyl (C=O) groups excluding carboxylic acids is 2. The van der Waals surface area contributed by atoms with Crippen LogP contribution in [0.15, 0.2) is 48.5 Å². The topological polar surface area (TPSA) is 52.6 Å². The van der Waals surface area contributed by atoms with Crippen LogP contribution in [0.1, 0.15) is 51.7 Å². The van der Waals surface area contributed by atoms with Gasteiger partial charge >= 0.3 is 11.9 Å². The average Bonchev–Trinajstić information content (AvgIpc) is 2.70. The minimum atomic E-state index is -0.319. The van der Waals surface area contributed by atoms with E-state index in [0.717, 1.165) is 32.7 Å². The molecule has 0 unspecified atom stereocenters. The second-order valence-corrected chi connectivity index (χ2v) is 9.25. The maximum Gasteiger partial charge on any atom is 0.306 e. The van der Waals surface area contributed by atoms with Gasteiger partial charge in [0.2, 0.25) is 0 Å². The molecule has 0 aliphatic rings. The monoisotopic (exact) mass is 406 g/mol. The van der Waals surface area contributed by atoms with E-state index in [1.165, 1.54) is 14.2 Å². The fraction of sp³-hybridized carbons (Fsp3) is 0.385. The van der Waals surface area contributed by atoms with Crippen molar-refractivity contribution in [3.05, 3.63) is 59.7 Å². The molecule has 0 amide bonds. The molecule has 0 fully saturated rings. The van der Waals surface area contributed by atoms with Gasteiger partial charge < -0.3 is 9.47 Å². The number of rotatable bonds is 6. The molecule has 3 aromatic carbocycles. The van der Waals surface area contributed by atoms with Crippen LogP contribution in [0.4, 0.5) is 0 Å². The number of hydrogen-bond donors (Lipinski definition) is 0. The molecule has 158 valence electrons. The van der Waals surface area contributed by atoms with Crippen molar-refractivity contribution in [2.24, 2.45) is 0 Å². The molecule has 3 rings (SSSR count). The van der Waals surface area contributed by atoms with Crippen molar-refractivity contribution in [2.45, 2.75) is 51.4 Å². The first-order chi connectivity index (χ1) is 14.1. The molecule has 4 heteroatoms. The van der Waals surface area contributed by atoms with Gasteiger partial charge in [0.15, 0.2) is 0 Å². The van der Waals surface area contributed by atoms with Crippen LogP contribution < -0.4 is 0 Å². The van der Waals surface area contributed by atoms with E-state index in [0.29, 0.717) is 12.8 Å². The van der Waals surface area contributed by atoms with E-state index < -0.39 is 0 Å². The molecule has 0 N–H and O–H groups in total. The summed E-state index contributed by atoms with van der Waals surface area (Å²) in [6, 6.07) is 17.1. The van der Waals surface area contributed by atoms with Crippen LogP contribution in [-0.4, -0.2) is 26.2 Å². The van der Waals surface area contributed by atoms with Crippen molar-refractivity contribution in [1.29, 1.82) is 0 Å². The first-order valence-electron chi connectivity index (χ1n) is 10.2. The predicted molar refractivity (Wildman–Crippen MR) is 121 cm³/mol. The van der Waals surface area contributed by atoms with Crippen molar-refractivity contribution in [2.75, 3.05) is 14.2 Å². The van der Waals surface area contributed by atoms with Crippen molar-refractivity contribution >= 4 is 33.5 Å². The number of carbonyl (C=O) groups is 2. The highest BCUT2D eigenvalue weighted by Gasteiger charge is 2.26. The van der Waals surface area contributed by atoms with Crippen LogP contribution in [0.2, 0.25) is 0 Å². The standard InChI is InChI=1S/C26H30O4/c1-25(2,15-23(27)29-5)21-9-7-17-11-18-8-10-22(14-20(18)12-19(17)13-21)26(3,4)16-24(28)30-6/h7-14H,15-16H2,1-6H3. The Balaban J connectivity index is 2.04. The highest BCUT2D eigenvalue weighted by Crippen LogP contribution is 2.34. The van der Waals surface area contributed by atoms with Gasteiger partial charge in [0.05, 0.1) is 27.1 Å². The van der Waals surface area contributed by atoms with Gasteiger partial charge in [0.25, 0.3) is 0 Å². The molecule has 0 aromatic heterocycles. The first-order valence-corrected chi connectivity index (χ1v) is 10.2. The van der Waals surface area contributed by atoms with E-state index >= 15 is 0 Å². The van der Waals surface area contributed by atoms with Gasteiger partial charge in [-0.25, -0.2) is 0 Å². The highest BCUT2D eigenvalue weighted by molar-refractivity contribution is 5.99. The number of fused-ring (bicyclic) bond motifs is 2. The minimum Gasteiger partial charge on any atom is -0.469 e. The van der Waals surface area contributed by atoms with Crippen molar-refractivity contribution < 1.29 is 19.1 Å². The van der Waals surface area contributed by atoms with Gasteiger partial charge in [-0.05, 0) is 44.8 Å². The first kappa shape index (κ1) is 21.8. The van der Waals surface area contributed by atoms with Crippen LogP contribution in [0.3, 0.4) is 0 Å². The Labute approximate surface area is 178 Å². The molecule has 0 saturated carbocycles. The molecule has 30 heavy (non-hydrogen) atoms. The molecule has 0 bridgehead atoms. The number of esters is 2. The quantitative estimate of drug-likeness (QED) is 0.391. The zero-order valence-electron chi connectivity index (χ0n) is 18.7. The van der Waals surface area contributed by atoms with Crippen LogP contribution in [0.5, 0.6) is 0 Å². The molecular formula is C26H30O4. The maximum absolute atomic E-state index is 11.8. The third-order valence-electron chi connectivity index (χ3n) is 5.99. The highest BCUT2D eigenvalue weighted by atomic mass is 16.5. The Morgan fingerprint density at radius 1 is 0.633 bits per heavy atom. The number of ether oxygens (including phenoxy) is 2. The molecule has 0 atom stereocenters. The van der Waals surface area contributed by atoms with E-state index in [1.807, 2.05) is 0 Å². The molecule has 0 aliphatic carbocycles. The van der Waals surface area contributed by atoms with E-state index in [-0.39, 0.29) is 22.8 Å². The summed E-state index contributed by atoms with van der Waals surface area (Å²) >= 11 is 0. The lowest BCUT2D eigenvalue weighted by molar-refractivity contribution is -0.142. The second-order valence-electron chi connectivity index (χ2n) is 9.25. The van der Waals surface area contributed by atoms with Crippen molar-refractivity contribution in [3.8, 4) is 0 Å². The molecule has 0 saturated heterocycles. The van der Waals surface area contributed by atoms with Gasteiger partial charge in [0, 0.05) is 10.8 Å². The Kier molecular flexibility index (Phi) is 5.89. The Morgan fingerprint density at radius 2 is 1.00 bits per heavy atom. The van der Waals surface area contributed by atoms with Crippen molar-refractivity contribution in [1.82, 2.24) is 0 Å². The predicted octanol–water partition coefficient (Wildman–Crippen LogP) is 5.67. The van der Waals surface area contributed by atoms with Gasteiger partial charge in [-0.15, -0.1) is 0 Å². The molecule has 4 nitrogen and oxygen atoms in total. The summed E-state index contributed by atoms with van der Waals surface area (Å²) in [6.45, 7) is 8.22. The molecule has 0 aliphatic heterocycles. The summed E-state index contributed by atoms with van der Waals surface area (Å²) in [6.07, 6.45) is 0.656. The minimum absolute atomic E-state index is 0.212. The van der Waals surface area contributed by atoms with Gasteiger partial charge in [-0.3, -0.25) is 9.59 Å². The summed E-state index contributed by atoms with van der Waals surface area (Å²) in [4.78, 5) is 23.6. The number of benzene rings is 3. The fourth-order valence-electron chi connectivity index (χ4n) is 3.91. The number of hydrogen-bond acceptors (Lipinski definition) is 4. The third-order valence-corrected chi connectivity index (χ3v) is 5.99. The normalized spacial score (nSPS) is 12.2. The fourth-order valence-corrected chi connectivity index (χ4v) is 3.91. The molecule has 0 radical (unpaired) electrons. The van der Waals surface area contributed by atoms with Gasteiger partial charge in [-0.1, -0.05) is 64.1 Å². The Hall–Kier alpha value is -2.88. The molecule has 3 aromatic rings. The second kappa shape index (κ2) is 8.10. The summed E-state index contributed by atoms with van der Waals surface area (Å²) in [5.41, 5.74) is 1.56. The Morgan fingerprint density at radius 3 is 1.37 bits per heavy atom. The zero-order chi connectivity index (χ0) is 22.1. The lowest BCUT2D eigenvalue weighted by Crippen LogP contribution is -2.22. The lowest BCUT2D eigenvalue weighted by Gasteiger charge is -2.25. The molecule has 0 heterocycles. The third kappa shape index (κ3) is 4.48. The van der Waals surface area contributed by atoms with E-state index in [1.54, 1.807) is 0 Å². The van der Waals surface area contributed by atoms with Crippen molar-refractivity contribution in [3.63, 3.8) is 0 Å². The summed E-state index contributed by atoms with van der Waals surface area (Å²) in [7, 11) is 2.84. The number of methoxy groups -OCH3 is 2. The molecular weight excluding hydrogens is 376 g/mol. The summed E-state index contributed by atoms with van der Waals surface area (Å²) in [5.74, 6) is -0.424. The van der Waals surface area contributed by atoms with Gasteiger partial charge in [0.1, 0.15) is 0 Å². The van der Waals surface area contributed by atoms with E-state index in [9.17, 15) is 9.59 Å². The average molecular weight is 407 g/mol. The van der Waals surface area contributed by atoms with Crippen LogP contribution in [-0.2, 0) is 29.9 Å². The Bertz CT molecular complexity index is 1020. The van der Waals surface area contributed by atoms with Gasteiger partial charge in [-0.2, -0.15) is 0 Å². The van der Waals surface area contributed by atoms with E-state index in [2.05, 4.69) is 76.2 Å². The smallest absolute Gasteiger partial charge is 0.306 e. The van der Waals surface area contributed by atoms with Crippen LogP contribution in [0, 0.1) is 0 Å².